The molecule has 3 rings (SSSR count). The lowest BCUT2D eigenvalue weighted by Gasteiger charge is -2.32. The molecule has 0 amide bonds. The van der Waals surface area contributed by atoms with Gasteiger partial charge >= 0.3 is 12.4 Å². The van der Waals surface area contributed by atoms with Crippen LogP contribution in [0.2, 0.25) is 5.02 Å². The van der Waals surface area contributed by atoms with Gasteiger partial charge in [0.1, 0.15) is 23.8 Å². The zero-order valence-electron chi connectivity index (χ0n) is 15.7. The van der Waals surface area contributed by atoms with Crippen molar-refractivity contribution in [2.24, 2.45) is 0 Å². The van der Waals surface area contributed by atoms with Crippen LogP contribution in [-0.4, -0.2) is 22.4 Å². The first-order valence-corrected chi connectivity index (χ1v) is 9.02. The van der Waals surface area contributed by atoms with Crippen molar-refractivity contribution in [3.05, 3.63) is 70.6 Å². The highest BCUT2D eigenvalue weighted by molar-refractivity contribution is 6.30. The predicted molar refractivity (Wildman–Crippen MR) is 98.5 cm³/mol. The van der Waals surface area contributed by atoms with Crippen LogP contribution in [0, 0.1) is 6.92 Å². The molecule has 31 heavy (non-hydrogen) atoms. The Balaban J connectivity index is 1.84. The first kappa shape index (κ1) is 23.0. The van der Waals surface area contributed by atoms with Crippen molar-refractivity contribution in [1.82, 2.24) is 4.98 Å². The molecule has 3 aromatic rings. The Morgan fingerprint density at radius 3 is 2.26 bits per heavy atom. The largest absolute Gasteiger partial charge is 0.487 e. The summed E-state index contributed by atoms with van der Waals surface area (Å²) in [4.78, 5) is 4.23. The van der Waals surface area contributed by atoms with Crippen LogP contribution in [0.4, 0.5) is 26.3 Å². The Kier molecular flexibility index (Phi) is 5.98. The van der Waals surface area contributed by atoms with Crippen LogP contribution in [-0.2, 0) is 12.2 Å². The van der Waals surface area contributed by atoms with Gasteiger partial charge in [0.05, 0.1) is 0 Å². The quantitative estimate of drug-likeness (QED) is 0.456. The van der Waals surface area contributed by atoms with Crippen molar-refractivity contribution >= 4 is 11.6 Å². The van der Waals surface area contributed by atoms with Crippen LogP contribution in [0.15, 0.2) is 52.9 Å². The second kappa shape index (κ2) is 8.08. The molecule has 11 heteroatoms. The standard InChI is InChI=1S/C20H14ClF6NO3/c1-11-16(28-17(31-11)12-4-2-6-14(21)8-12)10-30-15-7-3-5-13(9-15)18(29,19(22,23)24)20(25,26)27/h2-9,29H,10H2,1H3. The first-order chi connectivity index (χ1) is 14.3. The number of hydrogen-bond acceptors (Lipinski definition) is 4. The molecule has 2 aromatic carbocycles. The summed E-state index contributed by atoms with van der Waals surface area (Å²) in [7, 11) is 0. The normalized spacial score (nSPS) is 12.8. The summed E-state index contributed by atoms with van der Waals surface area (Å²) in [6, 6.07) is 9.71. The third kappa shape index (κ3) is 4.49. The summed E-state index contributed by atoms with van der Waals surface area (Å²) in [5.41, 5.74) is -5.60. The van der Waals surface area contributed by atoms with Crippen LogP contribution >= 0.6 is 11.6 Å². The van der Waals surface area contributed by atoms with Gasteiger partial charge in [0.2, 0.25) is 5.89 Å². The highest BCUT2D eigenvalue weighted by atomic mass is 35.5. The van der Waals surface area contributed by atoms with Gasteiger partial charge in [-0.1, -0.05) is 29.8 Å². The molecular formula is C20H14ClF6NO3. The third-order valence-electron chi connectivity index (χ3n) is 4.41. The summed E-state index contributed by atoms with van der Waals surface area (Å²) < 4.78 is 89.3. The average molecular weight is 466 g/mol. The molecule has 0 saturated carbocycles. The van der Waals surface area contributed by atoms with Crippen molar-refractivity contribution in [2.75, 3.05) is 0 Å². The van der Waals surface area contributed by atoms with Crippen molar-refractivity contribution in [1.29, 1.82) is 0 Å². The molecule has 0 saturated heterocycles. The number of alkyl halides is 6. The van der Waals surface area contributed by atoms with Crippen LogP contribution in [0.5, 0.6) is 5.75 Å². The molecule has 0 unspecified atom stereocenters. The maximum atomic E-state index is 13.1. The molecule has 1 heterocycles. The highest BCUT2D eigenvalue weighted by Crippen LogP contribution is 2.50. The monoisotopic (exact) mass is 465 g/mol. The lowest BCUT2D eigenvalue weighted by molar-refractivity contribution is -0.376. The van der Waals surface area contributed by atoms with E-state index < -0.39 is 23.5 Å². The zero-order chi connectivity index (χ0) is 23.0. The Hall–Kier alpha value is -2.72. The topological polar surface area (TPSA) is 55.5 Å². The number of nitrogens with zero attached hydrogens (tertiary/aromatic N) is 1. The summed E-state index contributed by atoms with van der Waals surface area (Å²) in [5, 5.41) is 9.97. The van der Waals surface area contributed by atoms with E-state index in [1.165, 1.54) is 0 Å². The number of oxazole rings is 1. The van der Waals surface area contributed by atoms with Crippen molar-refractivity contribution in [3.8, 4) is 17.2 Å². The third-order valence-corrected chi connectivity index (χ3v) is 4.65. The molecule has 4 nitrogen and oxygen atoms in total. The number of ether oxygens (including phenoxy) is 1. The molecule has 0 radical (unpaired) electrons. The van der Waals surface area contributed by atoms with E-state index in [0.717, 1.165) is 12.1 Å². The minimum atomic E-state index is -5.99. The van der Waals surface area contributed by atoms with Gasteiger partial charge in [0, 0.05) is 16.1 Å². The number of benzene rings is 2. The number of hydrogen-bond donors (Lipinski definition) is 1. The molecule has 0 bridgehead atoms. The smallest absolute Gasteiger partial charge is 0.430 e. The van der Waals surface area contributed by atoms with Crippen LogP contribution in [0.3, 0.4) is 0 Å². The number of halogens is 7. The van der Waals surface area contributed by atoms with E-state index >= 15 is 0 Å². The van der Waals surface area contributed by atoms with Crippen molar-refractivity contribution < 1.29 is 40.6 Å². The fourth-order valence-corrected chi connectivity index (χ4v) is 2.95. The van der Waals surface area contributed by atoms with Gasteiger partial charge in [-0.25, -0.2) is 4.98 Å². The minimum Gasteiger partial charge on any atom is -0.487 e. The van der Waals surface area contributed by atoms with Gasteiger partial charge in [-0.15, -0.1) is 0 Å². The molecule has 0 aliphatic rings. The van der Waals surface area contributed by atoms with E-state index in [4.69, 9.17) is 20.8 Å². The van der Waals surface area contributed by atoms with Crippen LogP contribution in [0.25, 0.3) is 11.5 Å². The molecule has 0 atom stereocenters. The molecule has 0 aliphatic carbocycles. The minimum absolute atomic E-state index is 0.218. The van der Waals surface area contributed by atoms with Gasteiger partial charge in [-0.05, 0) is 37.3 Å². The average Bonchev–Trinajstić information content (AvgIpc) is 3.05. The summed E-state index contributed by atoms with van der Waals surface area (Å²) in [5.74, 6) is 0.236. The first-order valence-electron chi connectivity index (χ1n) is 8.64. The lowest BCUT2D eigenvalue weighted by Crippen LogP contribution is -2.53. The van der Waals surface area contributed by atoms with E-state index in [1.54, 1.807) is 31.2 Å². The molecule has 0 fully saturated rings. The fraction of sp³-hybridized carbons (Fsp3) is 0.250. The fourth-order valence-electron chi connectivity index (χ4n) is 2.76. The maximum absolute atomic E-state index is 13.1. The molecule has 1 N–H and O–H groups in total. The van der Waals surface area contributed by atoms with E-state index in [-0.39, 0.29) is 23.9 Å². The number of rotatable bonds is 5. The Morgan fingerprint density at radius 2 is 1.65 bits per heavy atom. The van der Waals surface area contributed by atoms with Gasteiger partial charge in [0.15, 0.2) is 0 Å². The Labute approximate surface area is 177 Å². The molecule has 0 spiro atoms. The van der Waals surface area contributed by atoms with Gasteiger partial charge in [0.25, 0.3) is 5.60 Å². The highest BCUT2D eigenvalue weighted by Gasteiger charge is 2.71. The van der Waals surface area contributed by atoms with Crippen molar-refractivity contribution in [2.45, 2.75) is 31.5 Å². The second-order valence-electron chi connectivity index (χ2n) is 6.55. The maximum Gasteiger partial charge on any atom is 0.430 e. The van der Waals surface area contributed by atoms with Gasteiger partial charge in [-0.3, -0.25) is 0 Å². The summed E-state index contributed by atoms with van der Waals surface area (Å²) in [6.45, 7) is 1.28. The predicted octanol–water partition coefficient (Wildman–Crippen LogP) is 6.19. The van der Waals surface area contributed by atoms with Gasteiger partial charge < -0.3 is 14.3 Å². The Bertz CT molecular complexity index is 1060. The second-order valence-corrected chi connectivity index (χ2v) is 6.99. The van der Waals surface area contributed by atoms with E-state index in [1.807, 2.05) is 0 Å². The van der Waals surface area contributed by atoms with Gasteiger partial charge in [-0.2, -0.15) is 26.3 Å². The SMILES string of the molecule is Cc1oc(-c2cccc(Cl)c2)nc1COc1cccc(C(O)(C(F)(F)F)C(F)(F)F)c1. The van der Waals surface area contributed by atoms with E-state index in [2.05, 4.69) is 4.98 Å². The lowest BCUT2D eigenvalue weighted by atomic mass is 9.92. The molecule has 1 aromatic heterocycles. The molecular weight excluding hydrogens is 452 g/mol. The molecule has 166 valence electrons. The number of aromatic nitrogens is 1. The van der Waals surface area contributed by atoms with E-state index in [9.17, 15) is 31.4 Å². The number of aryl methyl sites for hydroxylation is 1. The zero-order valence-corrected chi connectivity index (χ0v) is 16.4. The summed E-state index contributed by atoms with van der Waals surface area (Å²) >= 11 is 5.92. The summed E-state index contributed by atoms with van der Waals surface area (Å²) in [6.07, 6.45) is -12.0. The van der Waals surface area contributed by atoms with Crippen LogP contribution < -0.4 is 4.74 Å². The van der Waals surface area contributed by atoms with Crippen molar-refractivity contribution in [3.63, 3.8) is 0 Å². The number of aliphatic hydroxyl groups is 1. The van der Waals surface area contributed by atoms with E-state index in [0.29, 0.717) is 28.5 Å². The van der Waals surface area contributed by atoms with Crippen LogP contribution in [0.1, 0.15) is 17.0 Å². The Morgan fingerprint density at radius 1 is 1.00 bits per heavy atom. The molecule has 0 aliphatic heterocycles.